The van der Waals surface area contributed by atoms with E-state index in [4.69, 9.17) is 4.42 Å². The predicted molar refractivity (Wildman–Crippen MR) is 84.8 cm³/mol. The summed E-state index contributed by atoms with van der Waals surface area (Å²) in [7, 11) is 0. The van der Waals surface area contributed by atoms with Crippen LogP contribution in [0.3, 0.4) is 0 Å². The van der Waals surface area contributed by atoms with Crippen molar-refractivity contribution in [1.29, 1.82) is 0 Å². The third kappa shape index (κ3) is 3.13. The lowest BCUT2D eigenvalue weighted by molar-refractivity contribution is 0.0947. The van der Waals surface area contributed by atoms with Crippen molar-refractivity contribution in [1.82, 2.24) is 5.32 Å². The van der Waals surface area contributed by atoms with Crippen molar-refractivity contribution in [3.8, 4) is 0 Å². The Morgan fingerprint density at radius 3 is 2.74 bits per heavy atom. The van der Waals surface area contributed by atoms with Crippen LogP contribution < -0.4 is 10.9 Å². The number of nitrogens with one attached hydrogen (secondary N) is 1. The highest BCUT2D eigenvalue weighted by atomic mass is 19.1. The monoisotopic (exact) mass is 311 g/mol. The molecule has 0 fully saturated rings. The van der Waals surface area contributed by atoms with Gasteiger partial charge in [0.2, 0.25) is 0 Å². The zero-order valence-electron chi connectivity index (χ0n) is 12.4. The Morgan fingerprint density at radius 1 is 1.17 bits per heavy atom. The third-order valence-corrected chi connectivity index (χ3v) is 3.56. The first-order valence-corrected chi connectivity index (χ1v) is 7.11. The summed E-state index contributed by atoms with van der Waals surface area (Å²) in [5.74, 6) is -0.818. The molecule has 5 heteroatoms. The Bertz CT molecular complexity index is 946. The van der Waals surface area contributed by atoms with Gasteiger partial charge in [0.15, 0.2) is 0 Å². The van der Waals surface area contributed by atoms with Crippen LogP contribution in [0.25, 0.3) is 11.0 Å². The number of benzene rings is 2. The minimum absolute atomic E-state index is 0.0532. The molecule has 0 aliphatic rings. The number of carbonyl (C=O) groups excluding carboxylic acids is 1. The zero-order valence-corrected chi connectivity index (χ0v) is 12.4. The Kier molecular flexibility index (Phi) is 3.93. The molecule has 0 aliphatic heterocycles. The van der Waals surface area contributed by atoms with Crippen molar-refractivity contribution in [2.24, 2.45) is 0 Å². The molecule has 0 unspecified atom stereocenters. The first-order chi connectivity index (χ1) is 11.0. The van der Waals surface area contributed by atoms with Crippen LogP contribution in [0.5, 0.6) is 0 Å². The van der Waals surface area contributed by atoms with E-state index < -0.39 is 11.5 Å². The molecule has 116 valence electrons. The van der Waals surface area contributed by atoms with E-state index in [1.165, 1.54) is 12.1 Å². The van der Waals surface area contributed by atoms with Crippen LogP contribution in [0.2, 0.25) is 0 Å². The first kappa shape index (κ1) is 15.0. The standard InChI is InChI=1S/C18H14FNO3/c1-11-8-12(6-7-15(11)19)10-20-17(21)14-9-13-4-2-3-5-16(13)23-18(14)22/h2-9H,10H2,1H3,(H,20,21). The van der Waals surface area contributed by atoms with Gasteiger partial charge in [0, 0.05) is 11.9 Å². The Morgan fingerprint density at radius 2 is 1.96 bits per heavy atom. The molecule has 0 spiro atoms. The van der Waals surface area contributed by atoms with Crippen molar-refractivity contribution in [3.63, 3.8) is 0 Å². The smallest absolute Gasteiger partial charge is 0.349 e. The molecule has 0 saturated heterocycles. The molecule has 1 aromatic heterocycles. The number of halogens is 1. The molecule has 23 heavy (non-hydrogen) atoms. The molecule has 1 N–H and O–H groups in total. The number of aryl methyl sites for hydroxylation is 1. The summed E-state index contributed by atoms with van der Waals surface area (Å²) in [6.07, 6.45) is 0. The molecule has 0 aliphatic carbocycles. The van der Waals surface area contributed by atoms with E-state index in [0.717, 1.165) is 5.56 Å². The topological polar surface area (TPSA) is 59.3 Å². The average molecular weight is 311 g/mol. The van der Waals surface area contributed by atoms with Gasteiger partial charge in [0.05, 0.1) is 0 Å². The highest BCUT2D eigenvalue weighted by Gasteiger charge is 2.13. The van der Waals surface area contributed by atoms with Gasteiger partial charge in [0.1, 0.15) is 17.0 Å². The second-order valence-electron chi connectivity index (χ2n) is 5.25. The third-order valence-electron chi connectivity index (χ3n) is 3.56. The minimum atomic E-state index is -0.684. The highest BCUT2D eigenvalue weighted by molar-refractivity contribution is 5.96. The van der Waals surface area contributed by atoms with Crippen molar-refractivity contribution < 1.29 is 13.6 Å². The van der Waals surface area contributed by atoms with E-state index in [2.05, 4.69) is 5.32 Å². The predicted octanol–water partition coefficient (Wildman–Crippen LogP) is 3.17. The summed E-state index contributed by atoms with van der Waals surface area (Å²) in [6, 6.07) is 13.1. The highest BCUT2D eigenvalue weighted by Crippen LogP contribution is 2.13. The van der Waals surface area contributed by atoms with Crippen molar-refractivity contribution in [2.75, 3.05) is 0 Å². The minimum Gasteiger partial charge on any atom is -0.422 e. The molecule has 3 aromatic rings. The number of amides is 1. The molecule has 1 heterocycles. The fourth-order valence-corrected chi connectivity index (χ4v) is 2.31. The number of para-hydroxylation sites is 1. The number of carbonyl (C=O) groups is 1. The van der Waals surface area contributed by atoms with Crippen molar-refractivity contribution >= 4 is 16.9 Å². The first-order valence-electron chi connectivity index (χ1n) is 7.11. The molecular formula is C18H14FNO3. The van der Waals surface area contributed by atoms with E-state index >= 15 is 0 Å². The summed E-state index contributed by atoms with van der Waals surface area (Å²) in [4.78, 5) is 24.1. The van der Waals surface area contributed by atoms with Gasteiger partial charge in [-0.25, -0.2) is 9.18 Å². The molecule has 2 aromatic carbocycles. The van der Waals surface area contributed by atoms with Gasteiger partial charge < -0.3 is 9.73 Å². The normalized spacial score (nSPS) is 10.7. The molecule has 3 rings (SSSR count). The molecule has 4 nitrogen and oxygen atoms in total. The van der Waals surface area contributed by atoms with E-state index in [-0.39, 0.29) is 17.9 Å². The second-order valence-corrected chi connectivity index (χ2v) is 5.25. The summed E-state index contributed by atoms with van der Waals surface area (Å²) >= 11 is 0. The molecule has 1 amide bonds. The maximum atomic E-state index is 13.2. The molecule has 0 saturated carbocycles. The summed E-state index contributed by atoms with van der Waals surface area (Å²) < 4.78 is 18.4. The SMILES string of the molecule is Cc1cc(CNC(=O)c2cc3ccccc3oc2=O)ccc1F. The Balaban J connectivity index is 1.81. The van der Waals surface area contributed by atoms with E-state index in [1.54, 1.807) is 43.3 Å². The fourth-order valence-electron chi connectivity index (χ4n) is 2.31. The van der Waals surface area contributed by atoms with Crippen molar-refractivity contribution in [2.45, 2.75) is 13.5 Å². The summed E-state index contributed by atoms with van der Waals surface area (Å²) in [6.45, 7) is 1.85. The lowest BCUT2D eigenvalue weighted by atomic mass is 10.1. The van der Waals surface area contributed by atoms with Crippen LogP contribution in [0, 0.1) is 12.7 Å². The average Bonchev–Trinajstić information content (AvgIpc) is 2.55. The zero-order chi connectivity index (χ0) is 16.4. The van der Waals surface area contributed by atoms with Crippen molar-refractivity contribution in [3.05, 3.63) is 81.5 Å². The number of hydrogen-bond acceptors (Lipinski definition) is 3. The number of fused-ring (bicyclic) bond motifs is 1. The van der Waals surface area contributed by atoms with Gasteiger partial charge in [-0.3, -0.25) is 4.79 Å². The van der Waals surface area contributed by atoms with Gasteiger partial charge in [0.25, 0.3) is 5.91 Å². The van der Waals surface area contributed by atoms with Crippen LogP contribution >= 0.6 is 0 Å². The van der Waals surface area contributed by atoms with Gasteiger partial charge >= 0.3 is 5.63 Å². The Labute approximate surface area is 131 Å². The van der Waals surface area contributed by atoms with Gasteiger partial charge in [-0.2, -0.15) is 0 Å². The molecule has 0 atom stereocenters. The Hall–Kier alpha value is -2.95. The van der Waals surface area contributed by atoms with Gasteiger partial charge in [-0.05, 0) is 36.2 Å². The maximum Gasteiger partial charge on any atom is 0.349 e. The van der Waals surface area contributed by atoms with Crippen LogP contribution in [0.15, 0.2) is 57.7 Å². The fraction of sp³-hybridized carbons (Fsp3) is 0.111. The number of hydrogen-bond donors (Lipinski definition) is 1. The van der Waals surface area contributed by atoms with Crippen LogP contribution in [-0.4, -0.2) is 5.91 Å². The van der Waals surface area contributed by atoms with Crippen LogP contribution in [0.1, 0.15) is 21.5 Å². The summed E-state index contributed by atoms with van der Waals surface area (Å²) in [5, 5.41) is 3.32. The lowest BCUT2D eigenvalue weighted by Crippen LogP contribution is -2.27. The van der Waals surface area contributed by atoms with Gasteiger partial charge in [-0.15, -0.1) is 0 Å². The molecule has 0 bridgehead atoms. The van der Waals surface area contributed by atoms with Gasteiger partial charge in [-0.1, -0.05) is 30.3 Å². The van der Waals surface area contributed by atoms with E-state index in [0.29, 0.717) is 16.5 Å². The quantitative estimate of drug-likeness (QED) is 0.756. The molecular weight excluding hydrogens is 297 g/mol. The number of rotatable bonds is 3. The van der Waals surface area contributed by atoms with Crippen LogP contribution in [0.4, 0.5) is 4.39 Å². The maximum absolute atomic E-state index is 13.2. The lowest BCUT2D eigenvalue weighted by Gasteiger charge is -2.06. The second kappa shape index (κ2) is 6.04. The van der Waals surface area contributed by atoms with E-state index in [9.17, 15) is 14.0 Å². The summed E-state index contributed by atoms with van der Waals surface area (Å²) in [5.41, 5.74) is 0.951. The van der Waals surface area contributed by atoms with Crippen LogP contribution in [-0.2, 0) is 6.54 Å². The largest absolute Gasteiger partial charge is 0.422 e. The molecule has 0 radical (unpaired) electrons. The van der Waals surface area contributed by atoms with E-state index in [1.807, 2.05) is 0 Å².